The van der Waals surface area contributed by atoms with E-state index in [2.05, 4.69) is 4.98 Å². The van der Waals surface area contributed by atoms with Crippen LogP contribution in [0.25, 0.3) is 10.9 Å². The zero-order valence-corrected chi connectivity index (χ0v) is 13.6. The SMILES string of the molecule is CN(C(=O)c1ccccc1)c1nc2ccc(C(=N)N)cc2c(=O)s1. The van der Waals surface area contributed by atoms with Gasteiger partial charge in [-0.05, 0) is 30.3 Å². The quantitative estimate of drug-likeness (QED) is 0.565. The lowest BCUT2D eigenvalue weighted by Crippen LogP contribution is -2.27. The maximum atomic E-state index is 12.5. The molecule has 120 valence electrons. The van der Waals surface area contributed by atoms with Crippen molar-refractivity contribution in [3.63, 3.8) is 0 Å². The Morgan fingerprint density at radius 2 is 1.88 bits per heavy atom. The highest BCUT2D eigenvalue weighted by Crippen LogP contribution is 2.20. The van der Waals surface area contributed by atoms with Crippen LogP contribution in [0.4, 0.5) is 5.13 Å². The number of anilines is 1. The number of carbonyl (C=O) groups is 1. The number of carbonyl (C=O) groups excluding carboxylic acids is 1. The summed E-state index contributed by atoms with van der Waals surface area (Å²) in [6.45, 7) is 0. The van der Waals surface area contributed by atoms with Crippen LogP contribution in [-0.4, -0.2) is 23.8 Å². The maximum absolute atomic E-state index is 12.5. The number of fused-ring (bicyclic) bond motifs is 1. The minimum atomic E-state index is -0.238. The van der Waals surface area contributed by atoms with E-state index in [1.165, 1.54) is 4.90 Å². The second-order valence-electron chi connectivity index (χ2n) is 5.16. The lowest BCUT2D eigenvalue weighted by Gasteiger charge is -2.15. The molecular weight excluding hydrogens is 324 g/mol. The summed E-state index contributed by atoms with van der Waals surface area (Å²) in [5.41, 5.74) is 6.90. The fraction of sp³-hybridized carbons (Fsp3) is 0.0588. The molecular formula is C17H14N4O2S. The fourth-order valence-electron chi connectivity index (χ4n) is 2.23. The van der Waals surface area contributed by atoms with Crippen LogP contribution in [0.2, 0.25) is 0 Å². The highest BCUT2D eigenvalue weighted by atomic mass is 32.1. The average molecular weight is 338 g/mol. The number of nitrogens with two attached hydrogens (primary N) is 1. The van der Waals surface area contributed by atoms with Crippen LogP contribution in [0.3, 0.4) is 0 Å². The van der Waals surface area contributed by atoms with Gasteiger partial charge in [0.25, 0.3) is 5.91 Å². The van der Waals surface area contributed by atoms with Gasteiger partial charge in [0.1, 0.15) is 5.84 Å². The van der Waals surface area contributed by atoms with Gasteiger partial charge in [-0.2, -0.15) is 0 Å². The van der Waals surface area contributed by atoms with E-state index < -0.39 is 0 Å². The number of aromatic nitrogens is 1. The summed E-state index contributed by atoms with van der Waals surface area (Å²) in [6.07, 6.45) is 0. The molecule has 3 N–H and O–H groups in total. The third-order valence-electron chi connectivity index (χ3n) is 3.54. The molecule has 3 rings (SSSR count). The number of hydrogen-bond acceptors (Lipinski definition) is 5. The van der Waals surface area contributed by atoms with Gasteiger partial charge in [0.2, 0.25) is 4.74 Å². The second-order valence-corrected chi connectivity index (χ2v) is 6.10. The number of nitrogens with one attached hydrogen (secondary N) is 1. The van der Waals surface area contributed by atoms with Gasteiger partial charge < -0.3 is 5.73 Å². The molecule has 3 aromatic rings. The molecule has 1 heterocycles. The molecule has 0 unspecified atom stereocenters. The van der Waals surface area contributed by atoms with Gasteiger partial charge in [0.15, 0.2) is 5.13 Å². The molecule has 0 fully saturated rings. The zero-order chi connectivity index (χ0) is 17.3. The maximum Gasteiger partial charge on any atom is 0.259 e. The Morgan fingerprint density at radius 1 is 1.17 bits per heavy atom. The number of hydrogen-bond donors (Lipinski definition) is 2. The molecule has 0 radical (unpaired) electrons. The number of nitrogens with zero attached hydrogens (tertiary/aromatic N) is 2. The van der Waals surface area contributed by atoms with E-state index in [4.69, 9.17) is 11.1 Å². The first-order chi connectivity index (χ1) is 11.5. The van der Waals surface area contributed by atoms with E-state index in [-0.39, 0.29) is 16.5 Å². The average Bonchev–Trinajstić information content (AvgIpc) is 2.60. The molecule has 6 nitrogen and oxygen atoms in total. The number of benzene rings is 2. The van der Waals surface area contributed by atoms with Gasteiger partial charge in [0.05, 0.1) is 10.9 Å². The largest absolute Gasteiger partial charge is 0.384 e. The summed E-state index contributed by atoms with van der Waals surface area (Å²) >= 11 is 0.885. The van der Waals surface area contributed by atoms with Crippen LogP contribution >= 0.6 is 11.3 Å². The number of amides is 1. The second kappa shape index (κ2) is 6.21. The molecule has 1 amide bonds. The Kier molecular flexibility index (Phi) is 4.09. The highest BCUT2D eigenvalue weighted by molar-refractivity contribution is 7.13. The third-order valence-corrected chi connectivity index (χ3v) is 4.49. The van der Waals surface area contributed by atoms with E-state index in [9.17, 15) is 9.59 Å². The summed E-state index contributed by atoms with van der Waals surface area (Å²) in [7, 11) is 1.59. The molecule has 0 saturated carbocycles. The van der Waals surface area contributed by atoms with Crippen molar-refractivity contribution in [1.29, 1.82) is 5.41 Å². The monoisotopic (exact) mass is 338 g/mol. The van der Waals surface area contributed by atoms with E-state index in [0.29, 0.717) is 27.2 Å². The Labute approximate surface area is 141 Å². The van der Waals surface area contributed by atoms with Gasteiger partial charge >= 0.3 is 0 Å². The van der Waals surface area contributed by atoms with Crippen LogP contribution in [0, 0.1) is 5.41 Å². The smallest absolute Gasteiger partial charge is 0.259 e. The van der Waals surface area contributed by atoms with Crippen molar-refractivity contribution in [2.24, 2.45) is 5.73 Å². The molecule has 0 aliphatic heterocycles. The molecule has 2 aromatic carbocycles. The molecule has 0 aliphatic rings. The van der Waals surface area contributed by atoms with E-state index >= 15 is 0 Å². The van der Waals surface area contributed by atoms with Gasteiger partial charge in [-0.1, -0.05) is 29.5 Å². The fourth-order valence-corrected chi connectivity index (χ4v) is 3.04. The van der Waals surface area contributed by atoms with E-state index in [1.807, 2.05) is 6.07 Å². The summed E-state index contributed by atoms with van der Waals surface area (Å²) < 4.78 is -0.231. The van der Waals surface area contributed by atoms with Crippen LogP contribution in [0.5, 0.6) is 0 Å². The van der Waals surface area contributed by atoms with Crippen LogP contribution in [0.15, 0.2) is 53.3 Å². The number of amidine groups is 1. The van der Waals surface area contributed by atoms with E-state index in [0.717, 1.165) is 11.3 Å². The van der Waals surface area contributed by atoms with E-state index in [1.54, 1.807) is 49.5 Å². The van der Waals surface area contributed by atoms with Crippen LogP contribution < -0.4 is 15.4 Å². The minimum Gasteiger partial charge on any atom is -0.384 e. The lowest BCUT2D eigenvalue weighted by atomic mass is 10.1. The minimum absolute atomic E-state index is 0.109. The molecule has 0 saturated heterocycles. The predicted molar refractivity (Wildman–Crippen MR) is 96.1 cm³/mol. The molecule has 0 aliphatic carbocycles. The Morgan fingerprint density at radius 3 is 2.54 bits per heavy atom. The first-order valence-electron chi connectivity index (χ1n) is 7.10. The summed E-state index contributed by atoms with van der Waals surface area (Å²) in [5.74, 6) is -0.347. The standard InChI is InChI=1S/C17H14N4O2S/c1-21(15(22)10-5-3-2-4-6-10)17-20-13-8-7-11(14(18)19)9-12(13)16(23)24-17/h2-9H,1H3,(H3,18,19). The van der Waals surface area contributed by atoms with Crippen molar-refractivity contribution in [2.45, 2.75) is 0 Å². The van der Waals surface area contributed by atoms with Crippen molar-refractivity contribution in [3.05, 3.63) is 69.2 Å². The van der Waals surface area contributed by atoms with Gasteiger partial charge in [-0.15, -0.1) is 0 Å². The van der Waals surface area contributed by atoms with Crippen molar-refractivity contribution in [1.82, 2.24) is 4.98 Å². The van der Waals surface area contributed by atoms with Crippen molar-refractivity contribution >= 4 is 39.1 Å². The molecule has 7 heteroatoms. The Bertz CT molecular complexity index is 998. The zero-order valence-electron chi connectivity index (χ0n) is 12.8. The number of rotatable bonds is 3. The topological polar surface area (TPSA) is 100 Å². The van der Waals surface area contributed by atoms with Crippen LogP contribution in [-0.2, 0) is 0 Å². The van der Waals surface area contributed by atoms with Crippen molar-refractivity contribution in [2.75, 3.05) is 11.9 Å². The molecule has 1 aromatic heterocycles. The highest BCUT2D eigenvalue weighted by Gasteiger charge is 2.17. The van der Waals surface area contributed by atoms with Crippen molar-refractivity contribution < 1.29 is 4.79 Å². The molecule has 0 bridgehead atoms. The summed E-state index contributed by atoms with van der Waals surface area (Å²) in [6, 6.07) is 13.6. The summed E-state index contributed by atoms with van der Waals surface area (Å²) in [5, 5.41) is 8.15. The van der Waals surface area contributed by atoms with Crippen LogP contribution in [0.1, 0.15) is 15.9 Å². The first-order valence-corrected chi connectivity index (χ1v) is 7.91. The van der Waals surface area contributed by atoms with Crippen molar-refractivity contribution in [3.8, 4) is 0 Å². The molecule has 24 heavy (non-hydrogen) atoms. The third kappa shape index (κ3) is 2.89. The Hall–Kier alpha value is -3.06. The first kappa shape index (κ1) is 15.8. The predicted octanol–water partition coefficient (Wildman–Crippen LogP) is 2.22. The Balaban J connectivity index is 2.04. The van der Waals surface area contributed by atoms with Gasteiger partial charge in [0, 0.05) is 18.2 Å². The normalized spacial score (nSPS) is 10.5. The molecule has 0 spiro atoms. The number of nitrogen functional groups attached to an aromatic ring is 1. The lowest BCUT2D eigenvalue weighted by molar-refractivity contribution is 0.0993. The summed E-state index contributed by atoms with van der Waals surface area (Å²) in [4.78, 5) is 30.6. The van der Waals surface area contributed by atoms with Gasteiger partial charge in [-0.25, -0.2) is 4.98 Å². The van der Waals surface area contributed by atoms with Gasteiger partial charge in [-0.3, -0.25) is 19.9 Å². The molecule has 0 atom stereocenters.